The molecule has 1 aliphatic heterocycles. The minimum Gasteiger partial charge on any atom is -0.366 e. The number of benzene rings is 1. The lowest BCUT2D eigenvalue weighted by Gasteiger charge is -2.09. The van der Waals surface area contributed by atoms with Crippen LogP contribution in [0.1, 0.15) is 12.8 Å². The van der Waals surface area contributed by atoms with Gasteiger partial charge in [0.25, 0.3) is 15.9 Å². The van der Waals surface area contributed by atoms with Gasteiger partial charge in [-0.1, -0.05) is 0 Å². The Kier molecular flexibility index (Phi) is 5.29. The zero-order chi connectivity index (χ0) is 17.7. The summed E-state index contributed by atoms with van der Waals surface area (Å²) >= 11 is 1.20. The number of nitrogens with one attached hydrogen (secondary N) is 3. The first-order chi connectivity index (χ1) is 12.0. The van der Waals surface area contributed by atoms with E-state index in [1.165, 1.54) is 41.8 Å². The molecule has 1 aromatic carbocycles. The summed E-state index contributed by atoms with van der Waals surface area (Å²) in [6, 6.07) is 5.92. The number of carbonyl (C=O) groups excluding carboxylic acids is 1. The fraction of sp³-hybridized carbons (Fsp3) is 0.267. The van der Waals surface area contributed by atoms with Gasteiger partial charge in [0.15, 0.2) is 11.0 Å². The number of aromatic nitrogens is 1. The van der Waals surface area contributed by atoms with Crippen LogP contribution in [0.5, 0.6) is 0 Å². The second-order valence-electron chi connectivity index (χ2n) is 5.29. The monoisotopic (exact) mass is 379 g/mol. The third-order valence-electron chi connectivity index (χ3n) is 3.44. The van der Waals surface area contributed by atoms with Gasteiger partial charge in [0.1, 0.15) is 0 Å². The molecule has 2 aromatic rings. The molecule has 1 amide bonds. The maximum absolute atomic E-state index is 12.3. The highest BCUT2D eigenvalue weighted by atomic mass is 32.2. The topological polar surface area (TPSA) is 113 Å². The molecule has 1 aliphatic rings. The van der Waals surface area contributed by atoms with E-state index in [1.807, 2.05) is 0 Å². The minimum atomic E-state index is -3.70. The van der Waals surface area contributed by atoms with E-state index in [1.54, 1.807) is 5.38 Å². The van der Waals surface area contributed by atoms with E-state index >= 15 is 0 Å². The summed E-state index contributed by atoms with van der Waals surface area (Å²) in [6.45, 7) is 1.33. The summed E-state index contributed by atoms with van der Waals surface area (Å²) in [4.78, 5) is 20.4. The van der Waals surface area contributed by atoms with Crippen LogP contribution in [-0.2, 0) is 14.8 Å². The van der Waals surface area contributed by atoms with Crippen molar-refractivity contribution in [2.24, 2.45) is 4.99 Å². The van der Waals surface area contributed by atoms with E-state index in [9.17, 15) is 13.2 Å². The van der Waals surface area contributed by atoms with Crippen molar-refractivity contribution in [1.29, 1.82) is 0 Å². The van der Waals surface area contributed by atoms with Crippen LogP contribution in [0.4, 0.5) is 10.8 Å². The molecule has 132 valence electrons. The molecule has 25 heavy (non-hydrogen) atoms. The molecule has 0 saturated carbocycles. The Hall–Kier alpha value is -2.46. The van der Waals surface area contributed by atoms with E-state index in [2.05, 4.69) is 25.3 Å². The van der Waals surface area contributed by atoms with Gasteiger partial charge in [-0.15, -0.1) is 11.3 Å². The van der Waals surface area contributed by atoms with Gasteiger partial charge in [0.05, 0.1) is 4.90 Å². The van der Waals surface area contributed by atoms with Gasteiger partial charge in [-0.25, -0.2) is 13.4 Å². The van der Waals surface area contributed by atoms with E-state index in [4.69, 9.17) is 0 Å². The van der Waals surface area contributed by atoms with Crippen LogP contribution in [0, 0.1) is 0 Å². The van der Waals surface area contributed by atoms with E-state index in [0.717, 1.165) is 12.8 Å². The van der Waals surface area contributed by atoms with Gasteiger partial charge in [-0.2, -0.15) is 0 Å². The number of hydrogen-bond acceptors (Lipinski definition) is 7. The molecule has 10 heteroatoms. The summed E-state index contributed by atoms with van der Waals surface area (Å²) in [5.41, 5.74) is 0.493. The molecule has 0 atom stereocenters. The number of amidine groups is 1. The molecule has 2 heterocycles. The third-order valence-corrected chi connectivity index (χ3v) is 5.61. The summed E-state index contributed by atoms with van der Waals surface area (Å²) in [6.07, 6.45) is 3.44. The van der Waals surface area contributed by atoms with Crippen molar-refractivity contribution in [3.05, 3.63) is 35.8 Å². The molecule has 0 spiro atoms. The summed E-state index contributed by atoms with van der Waals surface area (Å²) < 4.78 is 26.9. The Morgan fingerprint density at radius 2 is 2.00 bits per heavy atom. The third kappa shape index (κ3) is 4.54. The SMILES string of the molecule is O=C(Nc1ccc(S(=O)(=O)Nc2nccs2)cc1)C1=NCCCCN1. The first-order valence-electron chi connectivity index (χ1n) is 7.67. The number of rotatable bonds is 5. The normalized spacial score (nSPS) is 14.8. The maximum Gasteiger partial charge on any atom is 0.290 e. The second-order valence-corrected chi connectivity index (χ2v) is 7.86. The van der Waals surface area contributed by atoms with Crippen molar-refractivity contribution in [1.82, 2.24) is 10.3 Å². The van der Waals surface area contributed by atoms with Gasteiger partial charge in [-0.3, -0.25) is 14.5 Å². The van der Waals surface area contributed by atoms with Crippen LogP contribution < -0.4 is 15.4 Å². The van der Waals surface area contributed by atoms with Crippen LogP contribution in [0.25, 0.3) is 0 Å². The van der Waals surface area contributed by atoms with Crippen molar-refractivity contribution in [3.8, 4) is 0 Å². The lowest BCUT2D eigenvalue weighted by Crippen LogP contribution is -2.35. The number of carbonyl (C=O) groups is 1. The molecule has 0 fully saturated rings. The average Bonchev–Trinajstić information content (AvgIpc) is 2.94. The largest absolute Gasteiger partial charge is 0.366 e. The molecule has 8 nitrogen and oxygen atoms in total. The van der Waals surface area contributed by atoms with E-state index in [-0.39, 0.29) is 10.8 Å². The van der Waals surface area contributed by atoms with Gasteiger partial charge in [-0.05, 0) is 37.1 Å². The van der Waals surface area contributed by atoms with Crippen molar-refractivity contribution < 1.29 is 13.2 Å². The van der Waals surface area contributed by atoms with Gasteiger partial charge in [0.2, 0.25) is 0 Å². The lowest BCUT2D eigenvalue weighted by molar-refractivity contribution is -0.110. The predicted molar refractivity (Wildman–Crippen MR) is 97.5 cm³/mol. The Morgan fingerprint density at radius 1 is 1.20 bits per heavy atom. The van der Waals surface area contributed by atoms with Gasteiger partial charge in [0, 0.05) is 30.4 Å². The number of hydrogen-bond donors (Lipinski definition) is 3. The standard InChI is InChI=1S/C15H17N5O3S2/c21-14(13-16-7-1-2-8-17-13)19-11-3-5-12(6-4-11)25(22,23)20-15-18-9-10-24-15/h3-6,9-10H,1-2,7-8H2,(H,16,17)(H,18,20)(H,19,21). The van der Waals surface area contributed by atoms with Gasteiger partial charge < -0.3 is 10.6 Å². The first kappa shape index (κ1) is 17.4. The van der Waals surface area contributed by atoms with Crippen LogP contribution in [0.3, 0.4) is 0 Å². The molecular weight excluding hydrogens is 362 g/mol. The molecule has 3 rings (SSSR count). The molecule has 0 unspecified atom stereocenters. The summed E-state index contributed by atoms with van der Waals surface area (Å²) in [5, 5.41) is 7.68. The maximum atomic E-state index is 12.3. The smallest absolute Gasteiger partial charge is 0.290 e. The molecule has 0 aliphatic carbocycles. The quantitative estimate of drug-likeness (QED) is 0.731. The van der Waals surface area contributed by atoms with E-state index in [0.29, 0.717) is 29.7 Å². The van der Waals surface area contributed by atoms with Crippen molar-refractivity contribution in [2.45, 2.75) is 17.7 Å². The van der Waals surface area contributed by atoms with Crippen molar-refractivity contribution >= 4 is 43.9 Å². The number of anilines is 2. The molecule has 3 N–H and O–H groups in total. The molecule has 1 aromatic heterocycles. The molecular formula is C15H17N5O3S2. The van der Waals surface area contributed by atoms with Crippen molar-refractivity contribution in [2.75, 3.05) is 23.1 Å². The summed E-state index contributed by atoms with van der Waals surface area (Å²) in [5.74, 6) is -0.0296. The van der Waals surface area contributed by atoms with Crippen molar-refractivity contribution in [3.63, 3.8) is 0 Å². The van der Waals surface area contributed by atoms with Crippen LogP contribution in [0.15, 0.2) is 45.7 Å². The highest BCUT2D eigenvalue weighted by molar-refractivity contribution is 7.93. The summed E-state index contributed by atoms with van der Waals surface area (Å²) in [7, 11) is -3.70. The Morgan fingerprint density at radius 3 is 2.72 bits per heavy atom. The minimum absolute atomic E-state index is 0.0885. The number of nitrogens with zero attached hydrogens (tertiary/aromatic N) is 2. The molecule has 0 radical (unpaired) electrons. The fourth-order valence-corrected chi connectivity index (χ4v) is 3.99. The second kappa shape index (κ2) is 7.62. The highest BCUT2D eigenvalue weighted by Crippen LogP contribution is 2.19. The Bertz CT molecular complexity index is 861. The Labute approximate surface area is 149 Å². The van der Waals surface area contributed by atoms with Crippen LogP contribution in [-0.4, -0.2) is 38.2 Å². The van der Waals surface area contributed by atoms with Gasteiger partial charge >= 0.3 is 0 Å². The predicted octanol–water partition coefficient (Wildman–Crippen LogP) is 1.66. The number of amides is 1. The van der Waals surface area contributed by atoms with Crippen LogP contribution >= 0.6 is 11.3 Å². The Balaban J connectivity index is 1.67. The average molecular weight is 379 g/mol. The van der Waals surface area contributed by atoms with E-state index < -0.39 is 10.0 Å². The lowest BCUT2D eigenvalue weighted by atomic mass is 10.3. The number of thiazole rings is 1. The fourth-order valence-electron chi connectivity index (χ4n) is 2.20. The zero-order valence-corrected chi connectivity index (χ0v) is 14.9. The first-order valence-corrected chi connectivity index (χ1v) is 10.0. The number of aliphatic imine (C=N–C) groups is 1. The number of sulfonamides is 1. The highest BCUT2D eigenvalue weighted by Gasteiger charge is 2.17. The van der Waals surface area contributed by atoms with Crippen LogP contribution in [0.2, 0.25) is 0 Å². The zero-order valence-electron chi connectivity index (χ0n) is 13.2. The molecule has 0 saturated heterocycles. The molecule has 0 bridgehead atoms.